The van der Waals surface area contributed by atoms with E-state index in [1.54, 1.807) is 0 Å². The molecule has 0 fully saturated rings. The van der Waals surface area contributed by atoms with Crippen LogP contribution in [-0.2, 0) is 14.5 Å². The molecule has 0 aromatic rings. The number of nitrogens with zero attached hydrogens (tertiary/aromatic N) is 1. The van der Waals surface area contributed by atoms with Crippen LogP contribution in [0.5, 0.6) is 0 Å². The van der Waals surface area contributed by atoms with Crippen molar-refractivity contribution in [1.29, 1.82) is 0 Å². The van der Waals surface area contributed by atoms with Crippen LogP contribution in [0.25, 0.3) is 0 Å². The summed E-state index contributed by atoms with van der Waals surface area (Å²) >= 11 is 0. The lowest BCUT2D eigenvalue weighted by atomic mass is 11.7. The second-order valence-electron chi connectivity index (χ2n) is 1.09. The van der Waals surface area contributed by atoms with Gasteiger partial charge in [-0.2, -0.15) is 0 Å². The van der Waals surface area contributed by atoms with E-state index in [4.69, 9.17) is 5.84 Å². The lowest BCUT2D eigenvalue weighted by Gasteiger charge is -2.17. The van der Waals surface area contributed by atoms with Crippen LogP contribution in [-0.4, -0.2) is 26.4 Å². The maximum absolute atomic E-state index is 5.17. The van der Waals surface area contributed by atoms with Crippen molar-refractivity contribution in [3.05, 3.63) is 0 Å². The third-order valence-corrected chi connectivity index (χ3v) is 0.763. The number of rotatable bonds is 3. The van der Waals surface area contributed by atoms with Gasteiger partial charge in [0, 0.05) is 0 Å². The Hall–Kier alpha value is -0.200. The number of hydrogen-bond acceptors (Lipinski definition) is 4. The number of nitrogens with two attached hydrogens (primary N) is 1. The van der Waals surface area contributed by atoms with Crippen molar-refractivity contribution in [2.24, 2.45) is 5.84 Å². The molecule has 0 amide bonds. The van der Waals surface area contributed by atoms with Crippen LogP contribution in [0, 0.1) is 0 Å². The average molecular weight is 123 g/mol. The number of hydrogen-bond donors (Lipinski definition) is 1. The van der Waals surface area contributed by atoms with Gasteiger partial charge in [0.2, 0.25) is 0 Å². The van der Waals surface area contributed by atoms with Gasteiger partial charge in [-0.05, 0) is 0 Å². The van der Waals surface area contributed by atoms with E-state index in [2.05, 4.69) is 14.5 Å². The zero-order valence-electron chi connectivity index (χ0n) is 5.25. The molecule has 0 aliphatic rings. The molecule has 8 heavy (non-hydrogen) atoms. The highest BCUT2D eigenvalue weighted by Gasteiger charge is 2.22. The van der Waals surface area contributed by atoms with Crippen molar-refractivity contribution in [3.63, 3.8) is 0 Å². The van der Waals surface area contributed by atoms with E-state index >= 15 is 0 Å². The number of quaternary nitrogens is 1. The predicted molar refractivity (Wildman–Crippen MR) is 25.5 cm³/mol. The van der Waals surface area contributed by atoms with Crippen LogP contribution in [0.3, 0.4) is 0 Å². The highest BCUT2D eigenvalue weighted by atomic mass is 17.2. The van der Waals surface area contributed by atoms with Gasteiger partial charge in [-0.25, -0.2) is 0 Å². The Morgan fingerprint density at radius 2 is 1.25 bits per heavy atom. The van der Waals surface area contributed by atoms with Crippen LogP contribution in [0.2, 0.25) is 0 Å². The molecule has 0 bridgehead atoms. The van der Waals surface area contributed by atoms with Crippen molar-refractivity contribution < 1.29 is 19.6 Å². The molecule has 0 heterocycles. The van der Waals surface area contributed by atoms with Crippen LogP contribution in [0.4, 0.5) is 0 Å². The minimum atomic E-state index is -0.792. The highest BCUT2D eigenvalue weighted by molar-refractivity contribution is 3.55. The summed E-state index contributed by atoms with van der Waals surface area (Å²) < 4.78 is 0. The monoisotopic (exact) mass is 123 g/mol. The van der Waals surface area contributed by atoms with Crippen LogP contribution < -0.4 is 5.84 Å². The molecule has 0 aliphatic heterocycles. The molecule has 0 atom stereocenters. The summed E-state index contributed by atoms with van der Waals surface area (Å²) in [6, 6.07) is 0. The SMILES string of the molecule is CO[N+](N)(OC)OC. The first-order valence-electron chi connectivity index (χ1n) is 2.03. The quantitative estimate of drug-likeness (QED) is 0.308. The summed E-state index contributed by atoms with van der Waals surface area (Å²) in [5, 5.41) is -0.792. The molecule has 0 aromatic heterocycles. The van der Waals surface area contributed by atoms with Crippen molar-refractivity contribution in [1.82, 2.24) is 0 Å². The topological polar surface area (TPSA) is 53.7 Å². The summed E-state index contributed by atoms with van der Waals surface area (Å²) in [4.78, 5) is 13.5. The fourth-order valence-corrected chi connectivity index (χ4v) is 0.224. The summed E-state index contributed by atoms with van der Waals surface area (Å²) in [7, 11) is 4.10. The Kier molecular flexibility index (Phi) is 2.88. The molecule has 0 spiro atoms. The lowest BCUT2D eigenvalue weighted by molar-refractivity contribution is -1.37. The van der Waals surface area contributed by atoms with Crippen molar-refractivity contribution >= 4 is 0 Å². The standard InChI is InChI=1S/C3H11N2O3/c1-6-5(4,7-2)8-3/h4H2,1-3H3/q+1. The Bertz CT molecular complexity index is 55.3. The molecule has 2 N–H and O–H groups in total. The average Bonchev–Trinajstić information content (AvgIpc) is 1.87. The molecule has 0 rings (SSSR count). The highest BCUT2D eigenvalue weighted by Crippen LogP contribution is 1.94. The second kappa shape index (κ2) is 2.95. The van der Waals surface area contributed by atoms with E-state index in [1.165, 1.54) is 21.3 Å². The minimum absolute atomic E-state index is 0.792. The first kappa shape index (κ1) is 7.80. The molecule has 0 aromatic carbocycles. The zero-order chi connectivity index (χ0) is 6.62. The van der Waals surface area contributed by atoms with Gasteiger partial charge in [-0.1, -0.05) is 5.84 Å². The normalized spacial score (nSPS) is 12.0. The Labute approximate surface area is 48.0 Å². The molecule has 0 radical (unpaired) electrons. The van der Waals surface area contributed by atoms with Gasteiger partial charge in [0.15, 0.2) is 5.08 Å². The molecular weight excluding hydrogens is 112 g/mol. The molecular formula is C3H11N2O3+. The molecule has 0 saturated carbocycles. The van der Waals surface area contributed by atoms with Gasteiger partial charge in [0.05, 0.1) is 0 Å². The van der Waals surface area contributed by atoms with Gasteiger partial charge in [-0.15, -0.1) is 14.5 Å². The van der Waals surface area contributed by atoms with E-state index in [-0.39, 0.29) is 0 Å². The molecule has 50 valence electrons. The van der Waals surface area contributed by atoms with E-state index in [9.17, 15) is 0 Å². The van der Waals surface area contributed by atoms with Gasteiger partial charge < -0.3 is 0 Å². The molecule has 0 unspecified atom stereocenters. The maximum atomic E-state index is 5.17. The van der Waals surface area contributed by atoms with Gasteiger partial charge in [0.1, 0.15) is 21.3 Å². The molecule has 0 aliphatic carbocycles. The Balaban J connectivity index is 3.58. The van der Waals surface area contributed by atoms with Crippen LogP contribution in [0.1, 0.15) is 0 Å². The third kappa shape index (κ3) is 1.73. The first-order valence-corrected chi connectivity index (χ1v) is 2.03. The van der Waals surface area contributed by atoms with Gasteiger partial charge in [-0.3, -0.25) is 0 Å². The molecule has 5 heteroatoms. The molecule has 5 nitrogen and oxygen atoms in total. The van der Waals surface area contributed by atoms with Crippen molar-refractivity contribution in [3.8, 4) is 0 Å². The van der Waals surface area contributed by atoms with Gasteiger partial charge >= 0.3 is 0 Å². The van der Waals surface area contributed by atoms with E-state index < -0.39 is 5.08 Å². The third-order valence-electron chi connectivity index (χ3n) is 0.763. The maximum Gasteiger partial charge on any atom is 0.171 e. The molecule has 0 saturated heterocycles. The van der Waals surface area contributed by atoms with Crippen molar-refractivity contribution in [2.75, 3.05) is 21.3 Å². The summed E-state index contributed by atoms with van der Waals surface area (Å²) in [5.74, 6) is 5.17. The fraction of sp³-hybridized carbons (Fsp3) is 1.00. The van der Waals surface area contributed by atoms with E-state index in [0.717, 1.165) is 0 Å². The predicted octanol–water partition coefficient (Wildman–Crippen LogP) is -0.639. The summed E-state index contributed by atoms with van der Waals surface area (Å²) in [5.41, 5.74) is 0. The van der Waals surface area contributed by atoms with Crippen LogP contribution >= 0.6 is 0 Å². The smallest absolute Gasteiger partial charge is 0.114 e. The zero-order valence-corrected chi connectivity index (χ0v) is 5.25. The largest absolute Gasteiger partial charge is 0.171 e. The fourth-order valence-electron chi connectivity index (χ4n) is 0.224. The Morgan fingerprint density at radius 3 is 1.25 bits per heavy atom. The van der Waals surface area contributed by atoms with Crippen LogP contribution in [0.15, 0.2) is 0 Å². The lowest BCUT2D eigenvalue weighted by Crippen LogP contribution is -2.51. The minimum Gasteiger partial charge on any atom is -0.114 e. The first-order chi connectivity index (χ1) is 3.68. The Morgan fingerprint density at radius 1 is 1.00 bits per heavy atom. The summed E-state index contributed by atoms with van der Waals surface area (Å²) in [6.07, 6.45) is 0. The van der Waals surface area contributed by atoms with E-state index in [1.807, 2.05) is 0 Å². The van der Waals surface area contributed by atoms with E-state index in [0.29, 0.717) is 0 Å². The van der Waals surface area contributed by atoms with Crippen molar-refractivity contribution in [2.45, 2.75) is 0 Å². The van der Waals surface area contributed by atoms with Gasteiger partial charge in [0.25, 0.3) is 0 Å². The second-order valence-corrected chi connectivity index (χ2v) is 1.09. The summed E-state index contributed by atoms with van der Waals surface area (Å²) in [6.45, 7) is 0.